The molecule has 2 aromatic heterocycles. The van der Waals surface area contributed by atoms with E-state index >= 15 is 0 Å². The van der Waals surface area contributed by atoms with Crippen molar-refractivity contribution in [3.05, 3.63) is 92.9 Å². The van der Waals surface area contributed by atoms with Gasteiger partial charge in [-0.2, -0.15) is 0 Å². The van der Waals surface area contributed by atoms with Crippen molar-refractivity contribution < 1.29 is 9.90 Å². The Bertz CT molecular complexity index is 1270. The number of carboxylic acids is 1. The lowest BCUT2D eigenvalue weighted by atomic mass is 10.2. The first kappa shape index (κ1) is 16.5. The van der Waals surface area contributed by atoms with Crippen LogP contribution >= 0.6 is 0 Å². The summed E-state index contributed by atoms with van der Waals surface area (Å²) >= 11 is 0. The van der Waals surface area contributed by atoms with Gasteiger partial charge < -0.3 is 10.1 Å². The van der Waals surface area contributed by atoms with E-state index in [1.807, 2.05) is 30.3 Å². The molecule has 0 amide bonds. The van der Waals surface area contributed by atoms with Gasteiger partial charge >= 0.3 is 11.7 Å². The van der Waals surface area contributed by atoms with Gasteiger partial charge in [-0.25, -0.2) is 19.1 Å². The molecule has 0 unspecified atom stereocenters. The van der Waals surface area contributed by atoms with Crippen LogP contribution in [0.15, 0.2) is 70.5 Å². The van der Waals surface area contributed by atoms with Gasteiger partial charge in [0.1, 0.15) is 5.52 Å². The summed E-state index contributed by atoms with van der Waals surface area (Å²) in [6.07, 6.45) is 1.33. The van der Waals surface area contributed by atoms with Gasteiger partial charge in [-0.1, -0.05) is 36.4 Å². The third-order valence-corrected chi connectivity index (χ3v) is 4.25. The number of aromatic amines is 1. The third kappa shape index (κ3) is 2.82. The number of imidazole rings is 1. The molecule has 0 aliphatic rings. The first-order valence-corrected chi connectivity index (χ1v) is 8.13. The Morgan fingerprint density at radius 3 is 2.59 bits per heavy atom. The maximum atomic E-state index is 13.1. The fourth-order valence-electron chi connectivity index (χ4n) is 2.96. The summed E-state index contributed by atoms with van der Waals surface area (Å²) in [4.78, 5) is 44.0. The molecule has 0 spiro atoms. The van der Waals surface area contributed by atoms with Crippen LogP contribution < -0.4 is 11.2 Å². The zero-order chi connectivity index (χ0) is 19.0. The van der Waals surface area contributed by atoms with E-state index in [0.717, 1.165) is 10.1 Å². The Morgan fingerprint density at radius 2 is 1.85 bits per heavy atom. The molecule has 27 heavy (non-hydrogen) atoms. The Morgan fingerprint density at radius 1 is 1.07 bits per heavy atom. The molecule has 0 fully saturated rings. The van der Waals surface area contributed by atoms with E-state index in [2.05, 4.69) is 9.97 Å². The van der Waals surface area contributed by atoms with Crippen LogP contribution in [-0.4, -0.2) is 30.2 Å². The van der Waals surface area contributed by atoms with E-state index in [1.54, 1.807) is 6.07 Å². The van der Waals surface area contributed by atoms with Crippen molar-refractivity contribution in [3.63, 3.8) is 0 Å². The number of aromatic nitrogens is 4. The lowest BCUT2D eigenvalue weighted by Crippen LogP contribution is -2.39. The number of rotatable bonds is 4. The Hall–Kier alpha value is -3.94. The minimum absolute atomic E-state index is 0.0314. The highest BCUT2D eigenvalue weighted by atomic mass is 16.4. The standard InChI is InChI=1S/C19H14N4O4/c24-17-15-16(21-11-20-15)23(14-8-4-7-13(9-14)18(25)26)19(27)22(17)10-12-5-2-1-3-6-12/h1-9,11H,10H2,(H,20,21)(H,25,26). The molecular formula is C19H14N4O4. The molecule has 0 saturated carbocycles. The van der Waals surface area contributed by atoms with Crippen molar-refractivity contribution in [3.8, 4) is 5.69 Å². The fraction of sp³-hybridized carbons (Fsp3) is 0.0526. The molecule has 2 N–H and O–H groups in total. The second-order valence-corrected chi connectivity index (χ2v) is 5.95. The van der Waals surface area contributed by atoms with Crippen LogP contribution in [0.2, 0.25) is 0 Å². The van der Waals surface area contributed by atoms with E-state index in [1.165, 1.54) is 29.1 Å². The van der Waals surface area contributed by atoms with Crippen LogP contribution in [0.5, 0.6) is 0 Å². The first-order valence-electron chi connectivity index (χ1n) is 8.13. The molecule has 4 aromatic rings. The topological polar surface area (TPSA) is 110 Å². The van der Waals surface area contributed by atoms with Crippen molar-refractivity contribution in [1.29, 1.82) is 0 Å². The van der Waals surface area contributed by atoms with Crippen molar-refractivity contribution in [2.75, 3.05) is 0 Å². The van der Waals surface area contributed by atoms with Gasteiger partial charge in [0.05, 0.1) is 24.1 Å². The summed E-state index contributed by atoms with van der Waals surface area (Å²) in [5.74, 6) is -1.11. The summed E-state index contributed by atoms with van der Waals surface area (Å²) in [5, 5.41) is 9.23. The second kappa shape index (κ2) is 6.41. The SMILES string of the molecule is O=C(O)c1cccc(-n2c(=O)n(Cc3ccccc3)c(=O)c3[nH]cnc32)c1. The highest BCUT2D eigenvalue weighted by Gasteiger charge is 2.17. The highest BCUT2D eigenvalue weighted by Crippen LogP contribution is 2.13. The lowest BCUT2D eigenvalue weighted by Gasteiger charge is -2.12. The largest absolute Gasteiger partial charge is 0.478 e. The van der Waals surface area contributed by atoms with Gasteiger partial charge in [-0.05, 0) is 23.8 Å². The zero-order valence-electron chi connectivity index (χ0n) is 14.0. The Labute approximate surface area is 152 Å². The summed E-state index contributed by atoms with van der Waals surface area (Å²) < 4.78 is 2.34. The average molecular weight is 362 g/mol. The molecule has 0 saturated heterocycles. The molecule has 8 nitrogen and oxygen atoms in total. The van der Waals surface area contributed by atoms with Gasteiger partial charge in [0.15, 0.2) is 5.65 Å². The molecule has 0 aliphatic carbocycles. The lowest BCUT2D eigenvalue weighted by molar-refractivity contribution is 0.0697. The summed E-state index contributed by atoms with van der Waals surface area (Å²) in [6, 6.07) is 15.1. The van der Waals surface area contributed by atoms with E-state index in [4.69, 9.17) is 0 Å². The molecule has 0 atom stereocenters. The van der Waals surface area contributed by atoms with Crippen molar-refractivity contribution in [1.82, 2.24) is 19.1 Å². The number of aromatic carboxylic acids is 1. The molecule has 0 bridgehead atoms. The number of benzene rings is 2. The van der Waals surface area contributed by atoms with Crippen molar-refractivity contribution >= 4 is 17.1 Å². The number of hydrogen-bond donors (Lipinski definition) is 2. The maximum absolute atomic E-state index is 13.1. The summed E-state index contributed by atoms with van der Waals surface area (Å²) in [7, 11) is 0. The van der Waals surface area contributed by atoms with Crippen LogP contribution in [0.4, 0.5) is 0 Å². The van der Waals surface area contributed by atoms with Crippen molar-refractivity contribution in [2.24, 2.45) is 0 Å². The molecule has 2 heterocycles. The number of nitrogens with zero attached hydrogens (tertiary/aromatic N) is 3. The summed E-state index contributed by atoms with van der Waals surface area (Å²) in [6.45, 7) is 0.0894. The molecule has 2 aromatic carbocycles. The van der Waals surface area contributed by atoms with Gasteiger partial charge in [-0.15, -0.1) is 0 Å². The quantitative estimate of drug-likeness (QED) is 0.573. The predicted octanol–water partition coefficient (Wildman–Crippen LogP) is 1.62. The third-order valence-electron chi connectivity index (χ3n) is 4.25. The van der Waals surface area contributed by atoms with Crippen LogP contribution in [-0.2, 0) is 6.54 Å². The Kier molecular flexibility index (Phi) is 3.92. The number of carboxylic acid groups (broad SMARTS) is 1. The van der Waals surface area contributed by atoms with Gasteiger partial charge in [-0.3, -0.25) is 9.36 Å². The maximum Gasteiger partial charge on any atom is 0.337 e. The van der Waals surface area contributed by atoms with E-state index in [0.29, 0.717) is 5.69 Å². The van der Waals surface area contributed by atoms with Crippen LogP contribution in [0, 0.1) is 0 Å². The first-order chi connectivity index (χ1) is 13.1. The number of hydrogen-bond acceptors (Lipinski definition) is 4. The van der Waals surface area contributed by atoms with Gasteiger partial charge in [0, 0.05) is 0 Å². The van der Waals surface area contributed by atoms with E-state index in [-0.39, 0.29) is 23.3 Å². The fourth-order valence-corrected chi connectivity index (χ4v) is 2.96. The monoisotopic (exact) mass is 362 g/mol. The number of fused-ring (bicyclic) bond motifs is 1. The molecule has 0 radical (unpaired) electrons. The smallest absolute Gasteiger partial charge is 0.337 e. The number of carbonyl (C=O) groups is 1. The molecular weight excluding hydrogens is 348 g/mol. The number of nitrogens with one attached hydrogen (secondary N) is 1. The normalized spacial score (nSPS) is 11.0. The molecule has 0 aliphatic heterocycles. The molecule has 134 valence electrons. The molecule has 4 rings (SSSR count). The Balaban J connectivity index is 2.00. The van der Waals surface area contributed by atoms with Crippen LogP contribution in [0.3, 0.4) is 0 Å². The van der Waals surface area contributed by atoms with E-state index < -0.39 is 17.2 Å². The van der Waals surface area contributed by atoms with Crippen molar-refractivity contribution in [2.45, 2.75) is 6.54 Å². The number of H-pyrrole nitrogens is 1. The average Bonchev–Trinajstić information content (AvgIpc) is 3.16. The predicted molar refractivity (Wildman–Crippen MR) is 98.5 cm³/mol. The minimum atomic E-state index is -1.11. The van der Waals surface area contributed by atoms with Gasteiger partial charge in [0.25, 0.3) is 5.56 Å². The minimum Gasteiger partial charge on any atom is -0.478 e. The van der Waals surface area contributed by atoms with Crippen LogP contribution in [0.25, 0.3) is 16.9 Å². The summed E-state index contributed by atoms with van der Waals surface area (Å²) in [5.41, 5.74) is 0.389. The highest BCUT2D eigenvalue weighted by molar-refractivity contribution is 5.88. The van der Waals surface area contributed by atoms with Crippen LogP contribution in [0.1, 0.15) is 15.9 Å². The second-order valence-electron chi connectivity index (χ2n) is 5.95. The van der Waals surface area contributed by atoms with Gasteiger partial charge in [0.2, 0.25) is 0 Å². The zero-order valence-corrected chi connectivity index (χ0v) is 14.0. The van der Waals surface area contributed by atoms with E-state index in [9.17, 15) is 19.5 Å². The molecule has 8 heteroatoms.